The Morgan fingerprint density at radius 1 is 1.24 bits per heavy atom. The molecule has 0 spiro atoms. The standard InChI is InChI=1S/C15H25F3N2O/c1-11(12-6-4-2-3-5-7-12)20-13(21)14(15(16,17)18)8-9-19-10-14/h11-12,19H,2-10H2,1H3,(H,20,21)/t11-,14?/m0/s1. The summed E-state index contributed by atoms with van der Waals surface area (Å²) in [4.78, 5) is 12.3. The first-order valence-electron chi connectivity index (χ1n) is 7.95. The normalized spacial score (nSPS) is 29.9. The zero-order valence-corrected chi connectivity index (χ0v) is 12.6. The third kappa shape index (κ3) is 3.52. The van der Waals surface area contributed by atoms with Gasteiger partial charge in [-0.15, -0.1) is 0 Å². The van der Waals surface area contributed by atoms with Gasteiger partial charge in [0.25, 0.3) is 0 Å². The van der Waals surface area contributed by atoms with Crippen LogP contribution in [-0.4, -0.2) is 31.2 Å². The molecular weight excluding hydrogens is 281 g/mol. The minimum Gasteiger partial charge on any atom is -0.353 e. The van der Waals surface area contributed by atoms with E-state index in [0.717, 1.165) is 25.7 Å². The molecule has 122 valence electrons. The summed E-state index contributed by atoms with van der Waals surface area (Å²) in [6.45, 7) is 1.78. The lowest BCUT2D eigenvalue weighted by molar-refractivity contribution is -0.216. The number of rotatable bonds is 3. The molecule has 2 atom stereocenters. The fourth-order valence-electron chi connectivity index (χ4n) is 3.53. The first-order valence-corrected chi connectivity index (χ1v) is 7.95. The second kappa shape index (κ2) is 6.55. The molecule has 6 heteroatoms. The Morgan fingerprint density at radius 2 is 1.86 bits per heavy atom. The minimum absolute atomic E-state index is 0.167. The summed E-state index contributed by atoms with van der Waals surface area (Å²) in [6.07, 6.45) is 1.93. The molecule has 0 aromatic heterocycles. The highest BCUT2D eigenvalue weighted by atomic mass is 19.4. The van der Waals surface area contributed by atoms with Crippen molar-refractivity contribution in [3.8, 4) is 0 Å². The Balaban J connectivity index is 2.01. The van der Waals surface area contributed by atoms with Gasteiger partial charge in [-0.3, -0.25) is 4.79 Å². The van der Waals surface area contributed by atoms with E-state index >= 15 is 0 Å². The molecule has 3 nitrogen and oxygen atoms in total. The Bertz CT molecular complexity index is 356. The molecule has 1 amide bonds. The molecule has 1 aliphatic heterocycles. The summed E-state index contributed by atoms with van der Waals surface area (Å²) in [5.41, 5.74) is -2.24. The Kier molecular flexibility index (Phi) is 5.17. The van der Waals surface area contributed by atoms with Crippen molar-refractivity contribution in [3.05, 3.63) is 0 Å². The molecule has 0 aromatic rings. The van der Waals surface area contributed by atoms with Crippen LogP contribution in [0.5, 0.6) is 0 Å². The smallest absolute Gasteiger partial charge is 0.353 e. The Morgan fingerprint density at radius 3 is 2.33 bits per heavy atom. The highest BCUT2D eigenvalue weighted by Crippen LogP contribution is 2.43. The van der Waals surface area contributed by atoms with Crippen molar-refractivity contribution < 1.29 is 18.0 Å². The van der Waals surface area contributed by atoms with Crippen LogP contribution in [0, 0.1) is 11.3 Å². The van der Waals surface area contributed by atoms with Crippen LogP contribution >= 0.6 is 0 Å². The molecule has 1 saturated carbocycles. The number of hydrogen-bond acceptors (Lipinski definition) is 2. The van der Waals surface area contributed by atoms with E-state index in [1.54, 1.807) is 0 Å². The topological polar surface area (TPSA) is 41.1 Å². The molecule has 0 bridgehead atoms. The largest absolute Gasteiger partial charge is 0.404 e. The van der Waals surface area contributed by atoms with E-state index in [1.807, 2.05) is 6.92 Å². The van der Waals surface area contributed by atoms with E-state index < -0.39 is 17.5 Å². The number of hydrogen-bond donors (Lipinski definition) is 2. The molecule has 1 unspecified atom stereocenters. The van der Waals surface area contributed by atoms with Gasteiger partial charge in [0, 0.05) is 12.6 Å². The quantitative estimate of drug-likeness (QED) is 0.787. The van der Waals surface area contributed by atoms with Gasteiger partial charge in [0.05, 0.1) is 0 Å². The van der Waals surface area contributed by atoms with Crippen molar-refractivity contribution in [3.63, 3.8) is 0 Å². The number of alkyl halides is 3. The Hall–Kier alpha value is -0.780. The van der Waals surface area contributed by atoms with Crippen LogP contribution in [0.3, 0.4) is 0 Å². The third-order valence-electron chi connectivity index (χ3n) is 5.10. The monoisotopic (exact) mass is 306 g/mol. The van der Waals surface area contributed by atoms with E-state index in [2.05, 4.69) is 10.6 Å². The van der Waals surface area contributed by atoms with E-state index in [9.17, 15) is 18.0 Å². The van der Waals surface area contributed by atoms with Gasteiger partial charge in [-0.25, -0.2) is 0 Å². The van der Waals surface area contributed by atoms with Crippen LogP contribution in [-0.2, 0) is 4.79 Å². The molecule has 1 heterocycles. The molecule has 0 aromatic carbocycles. The fourth-order valence-corrected chi connectivity index (χ4v) is 3.53. The Labute approximate surface area is 124 Å². The highest BCUT2D eigenvalue weighted by Gasteiger charge is 2.61. The van der Waals surface area contributed by atoms with Gasteiger partial charge in [0.2, 0.25) is 5.91 Å². The van der Waals surface area contributed by atoms with Gasteiger partial charge < -0.3 is 10.6 Å². The van der Waals surface area contributed by atoms with Gasteiger partial charge in [0.15, 0.2) is 5.41 Å². The van der Waals surface area contributed by atoms with Gasteiger partial charge in [-0.05, 0) is 38.6 Å². The first-order chi connectivity index (χ1) is 9.87. The van der Waals surface area contributed by atoms with Crippen LogP contribution in [0.25, 0.3) is 0 Å². The number of carbonyl (C=O) groups is 1. The molecule has 1 saturated heterocycles. The van der Waals surface area contributed by atoms with Crippen molar-refractivity contribution in [1.29, 1.82) is 0 Å². The maximum atomic E-state index is 13.3. The number of nitrogens with one attached hydrogen (secondary N) is 2. The lowest BCUT2D eigenvalue weighted by Crippen LogP contribution is -2.55. The number of halogens is 3. The van der Waals surface area contributed by atoms with Crippen LogP contribution in [0.1, 0.15) is 51.9 Å². The van der Waals surface area contributed by atoms with E-state index in [1.165, 1.54) is 12.8 Å². The lowest BCUT2D eigenvalue weighted by Gasteiger charge is -2.32. The maximum Gasteiger partial charge on any atom is 0.404 e. The average molecular weight is 306 g/mol. The highest BCUT2D eigenvalue weighted by molar-refractivity contribution is 5.84. The van der Waals surface area contributed by atoms with Crippen molar-refractivity contribution in [2.45, 2.75) is 64.1 Å². The zero-order chi connectivity index (χ0) is 15.5. The number of carbonyl (C=O) groups excluding carboxylic acids is 1. The predicted molar refractivity (Wildman–Crippen MR) is 74.8 cm³/mol. The van der Waals surface area contributed by atoms with Crippen LogP contribution in [0.15, 0.2) is 0 Å². The molecule has 2 N–H and O–H groups in total. The van der Waals surface area contributed by atoms with E-state index in [0.29, 0.717) is 5.92 Å². The summed E-state index contributed by atoms with van der Waals surface area (Å²) in [5.74, 6) is -0.548. The lowest BCUT2D eigenvalue weighted by atomic mass is 9.84. The molecule has 2 rings (SSSR count). The summed E-state index contributed by atoms with van der Waals surface area (Å²) in [5, 5.41) is 5.35. The van der Waals surface area contributed by atoms with Gasteiger partial charge in [-0.1, -0.05) is 25.7 Å². The summed E-state index contributed by atoms with van der Waals surface area (Å²) in [6, 6.07) is -0.185. The van der Waals surface area contributed by atoms with Gasteiger partial charge in [0.1, 0.15) is 0 Å². The average Bonchev–Trinajstić information content (AvgIpc) is 2.76. The zero-order valence-electron chi connectivity index (χ0n) is 12.6. The molecule has 1 aliphatic carbocycles. The SMILES string of the molecule is C[C@H](NC(=O)C1(C(F)(F)F)CCNC1)C1CCCCCC1. The van der Waals surface area contributed by atoms with Crippen molar-refractivity contribution in [2.75, 3.05) is 13.1 Å². The van der Waals surface area contributed by atoms with Crippen LogP contribution < -0.4 is 10.6 Å². The second-order valence-corrected chi connectivity index (χ2v) is 6.52. The minimum atomic E-state index is -4.50. The molecule has 21 heavy (non-hydrogen) atoms. The molecule has 2 aliphatic rings. The molecule has 2 fully saturated rings. The molecular formula is C15H25F3N2O. The summed E-state index contributed by atoms with van der Waals surface area (Å²) < 4.78 is 40.0. The van der Waals surface area contributed by atoms with Gasteiger partial charge in [-0.2, -0.15) is 13.2 Å². The second-order valence-electron chi connectivity index (χ2n) is 6.52. The fraction of sp³-hybridized carbons (Fsp3) is 0.933. The van der Waals surface area contributed by atoms with Crippen molar-refractivity contribution in [2.24, 2.45) is 11.3 Å². The van der Waals surface area contributed by atoms with E-state index in [-0.39, 0.29) is 25.6 Å². The van der Waals surface area contributed by atoms with Crippen LogP contribution in [0.4, 0.5) is 13.2 Å². The maximum absolute atomic E-state index is 13.3. The van der Waals surface area contributed by atoms with Gasteiger partial charge >= 0.3 is 6.18 Å². The number of amides is 1. The molecule has 0 radical (unpaired) electrons. The van der Waals surface area contributed by atoms with Crippen LogP contribution in [0.2, 0.25) is 0 Å². The third-order valence-corrected chi connectivity index (χ3v) is 5.10. The summed E-state index contributed by atoms with van der Waals surface area (Å²) in [7, 11) is 0. The first kappa shape index (κ1) is 16.6. The van der Waals surface area contributed by atoms with E-state index in [4.69, 9.17) is 0 Å². The summed E-state index contributed by atoms with van der Waals surface area (Å²) >= 11 is 0. The van der Waals surface area contributed by atoms with Crippen molar-refractivity contribution >= 4 is 5.91 Å². The predicted octanol–water partition coefficient (Wildman–Crippen LogP) is 3.00. The van der Waals surface area contributed by atoms with Crippen molar-refractivity contribution in [1.82, 2.24) is 10.6 Å².